The molecule has 0 radical (unpaired) electrons. The zero-order chi connectivity index (χ0) is 15.4. The second-order valence-corrected chi connectivity index (χ2v) is 4.91. The molecule has 3 aromatic carbocycles. The third-order valence-electron chi connectivity index (χ3n) is 3.19. The van der Waals surface area contributed by atoms with Gasteiger partial charge in [0.25, 0.3) is 0 Å². The van der Waals surface area contributed by atoms with Crippen molar-refractivity contribution in [1.29, 1.82) is 0 Å². The monoisotopic (exact) mass is 291 g/mol. The van der Waals surface area contributed by atoms with Gasteiger partial charge < -0.3 is 21.5 Å². The fraction of sp³-hybridized carbons (Fsp3) is 0. The average molecular weight is 291 g/mol. The molecule has 4 heteroatoms. The predicted molar refractivity (Wildman–Crippen MR) is 91.5 cm³/mol. The van der Waals surface area contributed by atoms with Gasteiger partial charge in [-0.2, -0.15) is 0 Å². The van der Waals surface area contributed by atoms with Crippen LogP contribution in [0, 0.1) is 0 Å². The number of hydrogen-bond donors (Lipinski definition) is 3. The summed E-state index contributed by atoms with van der Waals surface area (Å²) in [6.07, 6.45) is 0. The van der Waals surface area contributed by atoms with Crippen molar-refractivity contribution in [2.75, 3.05) is 16.8 Å². The molecule has 0 bridgehead atoms. The normalized spacial score (nSPS) is 10.2. The molecule has 3 rings (SSSR count). The molecule has 0 saturated carbocycles. The number of hydrogen-bond acceptors (Lipinski definition) is 4. The van der Waals surface area contributed by atoms with Crippen LogP contribution in [-0.2, 0) is 0 Å². The lowest BCUT2D eigenvalue weighted by molar-refractivity contribution is 0.483. The summed E-state index contributed by atoms with van der Waals surface area (Å²) < 4.78 is 5.75. The Hall–Kier alpha value is -3.14. The van der Waals surface area contributed by atoms with Crippen molar-refractivity contribution in [3.05, 3.63) is 72.8 Å². The van der Waals surface area contributed by atoms with Gasteiger partial charge in [-0.05, 0) is 54.6 Å². The highest BCUT2D eigenvalue weighted by Gasteiger charge is 2.01. The van der Waals surface area contributed by atoms with Crippen molar-refractivity contribution < 1.29 is 4.74 Å². The smallest absolute Gasteiger partial charge is 0.127 e. The van der Waals surface area contributed by atoms with E-state index in [1.165, 1.54) is 0 Å². The molecule has 0 aliphatic rings. The molecule has 0 saturated heterocycles. The van der Waals surface area contributed by atoms with Crippen molar-refractivity contribution in [1.82, 2.24) is 0 Å². The molecular formula is C18H17N3O. The van der Waals surface area contributed by atoms with E-state index in [1.54, 1.807) is 6.07 Å². The quantitative estimate of drug-likeness (QED) is 0.623. The van der Waals surface area contributed by atoms with Crippen molar-refractivity contribution in [2.24, 2.45) is 0 Å². The van der Waals surface area contributed by atoms with Crippen LogP contribution in [0.25, 0.3) is 0 Å². The van der Waals surface area contributed by atoms with Gasteiger partial charge in [0, 0.05) is 11.4 Å². The maximum atomic E-state index is 5.93. The lowest BCUT2D eigenvalue weighted by Crippen LogP contribution is -1.97. The molecule has 110 valence electrons. The Labute approximate surface area is 129 Å². The number of para-hydroxylation sites is 1. The molecular weight excluding hydrogens is 274 g/mol. The molecule has 0 aliphatic heterocycles. The minimum absolute atomic E-state index is 0.615. The van der Waals surface area contributed by atoms with Crippen LogP contribution in [-0.4, -0.2) is 0 Å². The maximum absolute atomic E-state index is 5.93. The second-order valence-electron chi connectivity index (χ2n) is 4.91. The fourth-order valence-electron chi connectivity index (χ4n) is 2.08. The molecule has 0 aromatic heterocycles. The third kappa shape index (κ3) is 3.30. The van der Waals surface area contributed by atoms with E-state index >= 15 is 0 Å². The van der Waals surface area contributed by atoms with Gasteiger partial charge in [0.2, 0.25) is 0 Å². The van der Waals surface area contributed by atoms with Gasteiger partial charge in [0.1, 0.15) is 11.5 Å². The highest BCUT2D eigenvalue weighted by molar-refractivity contribution is 5.75. The van der Waals surface area contributed by atoms with Gasteiger partial charge >= 0.3 is 0 Å². The lowest BCUT2D eigenvalue weighted by Gasteiger charge is -2.11. The van der Waals surface area contributed by atoms with Gasteiger partial charge in [-0.1, -0.05) is 18.2 Å². The Kier molecular flexibility index (Phi) is 3.83. The van der Waals surface area contributed by atoms with E-state index in [9.17, 15) is 0 Å². The Morgan fingerprint density at radius 3 is 2.09 bits per heavy atom. The van der Waals surface area contributed by atoms with E-state index in [0.717, 1.165) is 22.9 Å². The molecule has 3 aromatic rings. The average Bonchev–Trinajstić information content (AvgIpc) is 2.53. The molecule has 4 nitrogen and oxygen atoms in total. The molecule has 0 amide bonds. The Bertz CT molecular complexity index is 755. The number of benzene rings is 3. The van der Waals surface area contributed by atoms with Gasteiger partial charge in [0.05, 0.1) is 11.4 Å². The predicted octanol–water partition coefficient (Wildman–Crippen LogP) is 4.39. The summed E-state index contributed by atoms with van der Waals surface area (Å²) in [5, 5.41) is 3.25. The number of rotatable bonds is 4. The molecule has 22 heavy (non-hydrogen) atoms. The Morgan fingerprint density at radius 2 is 1.41 bits per heavy atom. The first-order chi connectivity index (χ1) is 10.7. The van der Waals surface area contributed by atoms with Crippen LogP contribution in [0.3, 0.4) is 0 Å². The number of nitrogen functional groups attached to an aromatic ring is 2. The first-order valence-electron chi connectivity index (χ1n) is 6.96. The third-order valence-corrected chi connectivity index (χ3v) is 3.19. The van der Waals surface area contributed by atoms with Crippen LogP contribution in [0.2, 0.25) is 0 Å². The van der Waals surface area contributed by atoms with E-state index in [1.807, 2.05) is 66.7 Å². The van der Waals surface area contributed by atoms with Gasteiger partial charge in [-0.3, -0.25) is 0 Å². The van der Waals surface area contributed by atoms with Crippen LogP contribution in [0.15, 0.2) is 72.8 Å². The molecule has 5 N–H and O–H groups in total. The van der Waals surface area contributed by atoms with Crippen LogP contribution < -0.4 is 21.5 Å². The molecule has 0 aliphatic carbocycles. The summed E-state index contributed by atoms with van der Waals surface area (Å²) in [7, 11) is 0. The lowest BCUT2D eigenvalue weighted by atomic mass is 10.2. The summed E-state index contributed by atoms with van der Waals surface area (Å²) in [6, 6.07) is 22.8. The van der Waals surface area contributed by atoms with Crippen LogP contribution in [0.5, 0.6) is 11.5 Å². The van der Waals surface area contributed by atoms with E-state index in [4.69, 9.17) is 16.2 Å². The van der Waals surface area contributed by atoms with E-state index in [0.29, 0.717) is 11.4 Å². The summed E-state index contributed by atoms with van der Waals surface area (Å²) in [4.78, 5) is 0. The van der Waals surface area contributed by atoms with E-state index < -0.39 is 0 Å². The van der Waals surface area contributed by atoms with Crippen molar-refractivity contribution in [2.45, 2.75) is 0 Å². The fourth-order valence-corrected chi connectivity index (χ4v) is 2.08. The molecule has 0 atom stereocenters. The SMILES string of the molecule is Nc1ccc(Nc2ccc(Oc3ccccc3)cc2)c(N)c1. The highest BCUT2D eigenvalue weighted by atomic mass is 16.5. The first-order valence-corrected chi connectivity index (χ1v) is 6.96. The van der Waals surface area contributed by atoms with Crippen molar-refractivity contribution in [3.63, 3.8) is 0 Å². The van der Waals surface area contributed by atoms with Crippen molar-refractivity contribution in [3.8, 4) is 11.5 Å². The van der Waals surface area contributed by atoms with Gasteiger partial charge in [-0.15, -0.1) is 0 Å². The summed E-state index contributed by atoms with van der Waals surface area (Å²) in [6.45, 7) is 0. The summed E-state index contributed by atoms with van der Waals surface area (Å²) in [5.74, 6) is 1.59. The summed E-state index contributed by atoms with van der Waals surface area (Å²) in [5.41, 5.74) is 14.6. The molecule has 0 fully saturated rings. The second kappa shape index (κ2) is 6.10. The van der Waals surface area contributed by atoms with Crippen LogP contribution in [0.4, 0.5) is 22.7 Å². The number of nitrogens with one attached hydrogen (secondary N) is 1. The minimum Gasteiger partial charge on any atom is -0.457 e. The minimum atomic E-state index is 0.615. The van der Waals surface area contributed by atoms with E-state index in [2.05, 4.69) is 5.32 Å². The van der Waals surface area contributed by atoms with Gasteiger partial charge in [0.15, 0.2) is 0 Å². The standard InChI is InChI=1S/C18H17N3O/c19-13-6-11-18(17(20)12-13)21-14-7-9-16(10-8-14)22-15-4-2-1-3-5-15/h1-12,21H,19-20H2. The van der Waals surface area contributed by atoms with Crippen LogP contribution >= 0.6 is 0 Å². The zero-order valence-electron chi connectivity index (χ0n) is 12.0. The highest BCUT2D eigenvalue weighted by Crippen LogP contribution is 2.27. The van der Waals surface area contributed by atoms with Crippen LogP contribution in [0.1, 0.15) is 0 Å². The number of ether oxygens (including phenoxy) is 1. The maximum Gasteiger partial charge on any atom is 0.127 e. The van der Waals surface area contributed by atoms with Crippen molar-refractivity contribution >= 4 is 22.7 Å². The molecule has 0 heterocycles. The number of nitrogens with two attached hydrogens (primary N) is 2. The molecule has 0 spiro atoms. The largest absolute Gasteiger partial charge is 0.457 e. The van der Waals surface area contributed by atoms with E-state index in [-0.39, 0.29) is 0 Å². The van der Waals surface area contributed by atoms with Gasteiger partial charge in [-0.25, -0.2) is 0 Å². The topological polar surface area (TPSA) is 73.3 Å². The number of anilines is 4. The Balaban J connectivity index is 1.71. The molecule has 0 unspecified atom stereocenters. The summed E-state index contributed by atoms with van der Waals surface area (Å²) >= 11 is 0. The Morgan fingerprint density at radius 1 is 0.727 bits per heavy atom. The zero-order valence-corrected chi connectivity index (χ0v) is 12.0. The first kappa shape index (κ1) is 13.8.